The lowest BCUT2D eigenvalue weighted by Gasteiger charge is -2.29. The van der Waals surface area contributed by atoms with Crippen molar-refractivity contribution in [3.8, 4) is 0 Å². The predicted octanol–water partition coefficient (Wildman–Crippen LogP) is 5.47. The Kier molecular flexibility index (Phi) is 9.02. The first-order valence-corrected chi connectivity index (χ1v) is 12.9. The van der Waals surface area contributed by atoms with Crippen molar-refractivity contribution >= 4 is 39.5 Å². The molecule has 1 N–H and O–H groups in total. The summed E-state index contributed by atoms with van der Waals surface area (Å²) in [5, 5.41) is 3.15. The SMILES string of the molecule is Cc1ccccc1CSCC(=O)N(Cc1ccc(Br)cc1)C(C)C(=O)NC1CCCC1. The lowest BCUT2D eigenvalue weighted by Crippen LogP contribution is -2.50. The van der Waals surface area contributed by atoms with Crippen LogP contribution < -0.4 is 5.32 Å². The normalized spacial score (nSPS) is 14.9. The Morgan fingerprint density at radius 1 is 1.13 bits per heavy atom. The maximum Gasteiger partial charge on any atom is 0.242 e. The molecule has 0 aromatic heterocycles. The minimum Gasteiger partial charge on any atom is -0.352 e. The zero-order valence-electron chi connectivity index (χ0n) is 18.3. The van der Waals surface area contributed by atoms with E-state index in [-0.39, 0.29) is 17.9 Å². The molecule has 0 saturated heterocycles. The maximum atomic E-state index is 13.2. The van der Waals surface area contributed by atoms with Crippen molar-refractivity contribution in [3.63, 3.8) is 0 Å². The van der Waals surface area contributed by atoms with E-state index in [1.807, 2.05) is 43.3 Å². The van der Waals surface area contributed by atoms with Crippen molar-refractivity contribution in [2.75, 3.05) is 5.75 Å². The predicted molar refractivity (Wildman–Crippen MR) is 132 cm³/mol. The minimum atomic E-state index is -0.504. The second kappa shape index (κ2) is 11.7. The van der Waals surface area contributed by atoms with Crippen molar-refractivity contribution in [3.05, 3.63) is 69.7 Å². The van der Waals surface area contributed by atoms with Gasteiger partial charge in [-0.15, -0.1) is 11.8 Å². The van der Waals surface area contributed by atoms with Crippen LogP contribution in [-0.4, -0.2) is 34.6 Å². The Hall–Kier alpha value is -1.79. The first-order chi connectivity index (χ1) is 14.9. The van der Waals surface area contributed by atoms with Crippen LogP contribution in [0.5, 0.6) is 0 Å². The Labute approximate surface area is 198 Å². The number of aryl methyl sites for hydroxylation is 1. The summed E-state index contributed by atoms with van der Waals surface area (Å²) in [6.45, 7) is 4.36. The fraction of sp³-hybridized carbons (Fsp3) is 0.440. The number of carbonyl (C=O) groups is 2. The molecule has 2 aromatic carbocycles. The average Bonchev–Trinajstić information content (AvgIpc) is 3.27. The van der Waals surface area contributed by atoms with Crippen LogP contribution in [0.4, 0.5) is 0 Å². The third-order valence-electron chi connectivity index (χ3n) is 5.88. The summed E-state index contributed by atoms with van der Waals surface area (Å²) in [5.74, 6) is 1.08. The zero-order chi connectivity index (χ0) is 22.2. The van der Waals surface area contributed by atoms with Crippen molar-refractivity contribution in [2.24, 2.45) is 0 Å². The van der Waals surface area contributed by atoms with Gasteiger partial charge in [0.2, 0.25) is 11.8 Å². The molecule has 0 bridgehead atoms. The molecule has 2 amide bonds. The number of carbonyl (C=O) groups excluding carboxylic acids is 2. The molecule has 1 aliphatic rings. The van der Waals surface area contributed by atoms with Gasteiger partial charge in [-0.25, -0.2) is 0 Å². The minimum absolute atomic E-state index is 0.00410. The number of benzene rings is 2. The number of rotatable bonds is 9. The van der Waals surface area contributed by atoms with Gasteiger partial charge in [-0.1, -0.05) is 65.2 Å². The van der Waals surface area contributed by atoms with Crippen molar-refractivity contribution < 1.29 is 9.59 Å². The number of thioether (sulfide) groups is 1. The Morgan fingerprint density at radius 2 is 1.81 bits per heavy atom. The van der Waals surface area contributed by atoms with Crippen LogP contribution in [0.3, 0.4) is 0 Å². The first kappa shape index (κ1) is 23.9. The van der Waals surface area contributed by atoms with E-state index < -0.39 is 6.04 Å². The molecule has 0 spiro atoms. The van der Waals surface area contributed by atoms with E-state index in [1.165, 1.54) is 11.1 Å². The van der Waals surface area contributed by atoms with E-state index >= 15 is 0 Å². The molecule has 1 aliphatic carbocycles. The summed E-state index contributed by atoms with van der Waals surface area (Å²) >= 11 is 5.06. The molecule has 1 fully saturated rings. The third-order valence-corrected chi connectivity index (χ3v) is 7.37. The Morgan fingerprint density at radius 3 is 2.48 bits per heavy atom. The highest BCUT2D eigenvalue weighted by Crippen LogP contribution is 2.21. The molecule has 31 heavy (non-hydrogen) atoms. The second-order valence-corrected chi connectivity index (χ2v) is 10.1. The summed E-state index contributed by atoms with van der Waals surface area (Å²) in [4.78, 5) is 27.8. The molecule has 1 saturated carbocycles. The fourth-order valence-electron chi connectivity index (χ4n) is 3.86. The van der Waals surface area contributed by atoms with Crippen LogP contribution in [0.2, 0.25) is 0 Å². The van der Waals surface area contributed by atoms with Crippen LogP contribution in [0.25, 0.3) is 0 Å². The van der Waals surface area contributed by atoms with Crippen molar-refractivity contribution in [1.82, 2.24) is 10.2 Å². The molecule has 3 rings (SSSR count). The van der Waals surface area contributed by atoms with Gasteiger partial charge in [0.25, 0.3) is 0 Å². The summed E-state index contributed by atoms with van der Waals surface area (Å²) in [7, 11) is 0. The number of hydrogen-bond acceptors (Lipinski definition) is 3. The number of amides is 2. The molecule has 0 radical (unpaired) electrons. The molecule has 4 nitrogen and oxygen atoms in total. The standard InChI is InChI=1S/C25H31BrN2O2S/c1-18-7-3-4-8-21(18)16-31-17-24(29)28(15-20-11-13-22(26)14-12-20)19(2)25(30)27-23-9-5-6-10-23/h3-4,7-8,11-14,19,23H,5-6,9-10,15-17H2,1-2H3,(H,27,30). The van der Waals surface area contributed by atoms with Gasteiger partial charge in [0, 0.05) is 22.8 Å². The number of nitrogens with one attached hydrogen (secondary N) is 1. The largest absolute Gasteiger partial charge is 0.352 e. The number of nitrogens with zero attached hydrogens (tertiary/aromatic N) is 1. The van der Waals surface area contributed by atoms with Gasteiger partial charge in [0.1, 0.15) is 6.04 Å². The molecule has 166 valence electrons. The smallest absolute Gasteiger partial charge is 0.242 e. The van der Waals surface area contributed by atoms with Crippen LogP contribution in [0, 0.1) is 6.92 Å². The van der Waals surface area contributed by atoms with E-state index in [4.69, 9.17) is 0 Å². The van der Waals surface area contributed by atoms with Gasteiger partial charge < -0.3 is 10.2 Å². The van der Waals surface area contributed by atoms with Crippen LogP contribution in [0.15, 0.2) is 53.0 Å². The topological polar surface area (TPSA) is 49.4 Å². The van der Waals surface area contributed by atoms with Gasteiger partial charge >= 0.3 is 0 Å². The average molecular weight is 504 g/mol. The summed E-state index contributed by atoms with van der Waals surface area (Å²) in [5.41, 5.74) is 3.49. The van der Waals surface area contributed by atoms with Gasteiger partial charge in [-0.3, -0.25) is 9.59 Å². The fourth-order valence-corrected chi connectivity index (χ4v) is 5.11. The highest BCUT2D eigenvalue weighted by Gasteiger charge is 2.28. The van der Waals surface area contributed by atoms with Gasteiger partial charge in [0.15, 0.2) is 0 Å². The Bertz CT molecular complexity index is 881. The summed E-state index contributed by atoms with van der Waals surface area (Å²) < 4.78 is 0.995. The Balaban J connectivity index is 1.65. The van der Waals surface area contributed by atoms with Gasteiger partial charge in [-0.2, -0.15) is 0 Å². The molecule has 2 aromatic rings. The van der Waals surface area contributed by atoms with Crippen molar-refractivity contribution in [2.45, 2.75) is 63.9 Å². The molecular formula is C25H31BrN2O2S. The highest BCUT2D eigenvalue weighted by molar-refractivity contribution is 9.10. The van der Waals surface area contributed by atoms with Crippen LogP contribution in [0.1, 0.15) is 49.3 Å². The summed E-state index contributed by atoms with van der Waals surface area (Å²) in [6.07, 6.45) is 4.39. The quantitative estimate of drug-likeness (QED) is 0.494. The molecule has 0 heterocycles. The maximum absolute atomic E-state index is 13.2. The lowest BCUT2D eigenvalue weighted by molar-refractivity contribution is -0.138. The number of hydrogen-bond donors (Lipinski definition) is 1. The van der Waals surface area contributed by atoms with E-state index in [9.17, 15) is 9.59 Å². The van der Waals surface area contributed by atoms with Crippen LogP contribution >= 0.6 is 27.7 Å². The molecule has 1 atom stereocenters. The van der Waals surface area contributed by atoms with E-state index in [0.717, 1.165) is 41.5 Å². The lowest BCUT2D eigenvalue weighted by atomic mass is 10.1. The van der Waals surface area contributed by atoms with Gasteiger partial charge in [0.05, 0.1) is 5.75 Å². The molecule has 6 heteroatoms. The number of halogens is 1. The molecule has 0 aliphatic heterocycles. The van der Waals surface area contributed by atoms with Crippen LogP contribution in [-0.2, 0) is 21.9 Å². The monoisotopic (exact) mass is 502 g/mol. The van der Waals surface area contributed by atoms with E-state index in [2.05, 4.69) is 40.3 Å². The second-order valence-electron chi connectivity index (χ2n) is 8.23. The molecular weight excluding hydrogens is 472 g/mol. The zero-order valence-corrected chi connectivity index (χ0v) is 20.7. The van der Waals surface area contributed by atoms with Crippen molar-refractivity contribution in [1.29, 1.82) is 0 Å². The molecule has 1 unspecified atom stereocenters. The van der Waals surface area contributed by atoms with E-state index in [0.29, 0.717) is 12.3 Å². The highest BCUT2D eigenvalue weighted by atomic mass is 79.9. The van der Waals surface area contributed by atoms with Gasteiger partial charge in [-0.05, 0) is 55.5 Å². The first-order valence-electron chi connectivity index (χ1n) is 10.9. The third kappa shape index (κ3) is 7.11. The summed E-state index contributed by atoms with van der Waals surface area (Å²) in [6, 6.07) is 15.9. The van der Waals surface area contributed by atoms with E-state index in [1.54, 1.807) is 16.7 Å².